The molecule has 0 fully saturated rings. The summed E-state index contributed by atoms with van der Waals surface area (Å²) in [5.74, 6) is 0.939. The van der Waals surface area contributed by atoms with Crippen molar-refractivity contribution in [3.8, 4) is 5.75 Å². The van der Waals surface area contributed by atoms with E-state index in [9.17, 15) is 8.42 Å². The van der Waals surface area contributed by atoms with Crippen LogP contribution in [0.15, 0.2) is 35.6 Å². The first kappa shape index (κ1) is 16.3. The lowest BCUT2D eigenvalue weighted by molar-refractivity contribution is 0.403. The number of nitrogens with one attached hydrogen (secondary N) is 2. The van der Waals surface area contributed by atoms with E-state index in [0.29, 0.717) is 17.3 Å². The van der Waals surface area contributed by atoms with Gasteiger partial charge in [0.1, 0.15) is 28.4 Å². The molecule has 126 valence electrons. The number of nitrogens with zero attached hydrogens (tertiary/aromatic N) is 2. The summed E-state index contributed by atoms with van der Waals surface area (Å²) in [6.07, 6.45) is 5.35. The Morgan fingerprint density at radius 3 is 2.75 bits per heavy atom. The molecule has 0 aliphatic carbocycles. The van der Waals surface area contributed by atoms with Gasteiger partial charge in [0.05, 0.1) is 12.5 Å². The molecule has 0 bridgehead atoms. The van der Waals surface area contributed by atoms with E-state index in [2.05, 4.69) is 27.2 Å². The van der Waals surface area contributed by atoms with Crippen molar-refractivity contribution in [3.05, 3.63) is 36.3 Å². The lowest BCUT2D eigenvalue weighted by Crippen LogP contribution is -2.03. The number of hydrogen-bond acceptors (Lipinski definition) is 6. The van der Waals surface area contributed by atoms with Gasteiger partial charge in [0, 0.05) is 18.1 Å². The molecular weight excluding hydrogens is 328 g/mol. The van der Waals surface area contributed by atoms with E-state index in [4.69, 9.17) is 4.74 Å². The Balaban J connectivity index is 2.08. The fraction of sp³-hybridized carbons (Fsp3) is 0.250. The highest BCUT2D eigenvalue weighted by molar-refractivity contribution is 7.90. The van der Waals surface area contributed by atoms with Gasteiger partial charge in [-0.1, -0.05) is 6.92 Å². The summed E-state index contributed by atoms with van der Waals surface area (Å²) < 4.78 is 29.0. The van der Waals surface area contributed by atoms with Gasteiger partial charge in [0.25, 0.3) is 0 Å². The summed E-state index contributed by atoms with van der Waals surface area (Å²) in [5, 5.41) is 4.08. The van der Waals surface area contributed by atoms with Crippen LogP contribution in [0.1, 0.15) is 12.5 Å². The Bertz CT molecular complexity index is 996. The molecule has 0 atom stereocenters. The maximum Gasteiger partial charge on any atom is 0.179 e. The van der Waals surface area contributed by atoms with E-state index in [1.54, 1.807) is 18.2 Å². The molecule has 2 N–H and O–H groups in total. The normalized spacial score (nSPS) is 11.6. The number of sulfone groups is 1. The number of aromatic nitrogens is 3. The Hall–Kier alpha value is -2.61. The highest BCUT2D eigenvalue weighted by Crippen LogP contribution is 2.30. The van der Waals surface area contributed by atoms with Gasteiger partial charge in [-0.3, -0.25) is 0 Å². The molecule has 0 unspecified atom stereocenters. The lowest BCUT2D eigenvalue weighted by Gasteiger charge is -2.11. The monoisotopic (exact) mass is 346 g/mol. The van der Waals surface area contributed by atoms with Crippen LogP contribution in [-0.4, -0.2) is 36.7 Å². The van der Waals surface area contributed by atoms with E-state index in [1.807, 2.05) is 6.20 Å². The molecule has 7 nitrogen and oxygen atoms in total. The maximum atomic E-state index is 12.0. The summed E-state index contributed by atoms with van der Waals surface area (Å²) in [4.78, 5) is 11.8. The molecule has 0 saturated heterocycles. The number of anilines is 2. The molecular formula is C16H18N4O3S. The fourth-order valence-corrected chi connectivity index (χ4v) is 3.44. The van der Waals surface area contributed by atoms with Crippen LogP contribution < -0.4 is 10.1 Å². The van der Waals surface area contributed by atoms with E-state index >= 15 is 0 Å². The third-order valence-electron chi connectivity index (χ3n) is 3.76. The molecule has 2 aromatic heterocycles. The zero-order valence-electron chi connectivity index (χ0n) is 13.6. The minimum atomic E-state index is -3.41. The van der Waals surface area contributed by atoms with Crippen molar-refractivity contribution in [2.45, 2.75) is 18.2 Å². The van der Waals surface area contributed by atoms with Crippen LogP contribution in [0.25, 0.3) is 11.0 Å². The summed E-state index contributed by atoms with van der Waals surface area (Å²) in [6.45, 7) is 2.05. The number of aryl methyl sites for hydroxylation is 1. The molecule has 1 aromatic carbocycles. The standard InChI is InChI=1S/C16H18N4O3S/c1-4-10-8-17-15-14(10)16(19-9-18-15)20-11-5-6-12(23-2)13(7-11)24(3,21)22/h5-9H,4H2,1-3H3,(H2,17,18,19,20). The molecule has 0 spiro atoms. The van der Waals surface area contributed by atoms with E-state index in [1.165, 1.54) is 13.4 Å². The second-order valence-corrected chi connectivity index (χ2v) is 7.36. The van der Waals surface area contributed by atoms with E-state index in [-0.39, 0.29) is 4.90 Å². The summed E-state index contributed by atoms with van der Waals surface area (Å²) in [5.41, 5.74) is 2.44. The first-order chi connectivity index (χ1) is 11.4. The molecule has 0 saturated carbocycles. The van der Waals surface area contributed by atoms with E-state index in [0.717, 1.165) is 29.3 Å². The molecule has 2 heterocycles. The van der Waals surface area contributed by atoms with Crippen LogP contribution in [0.3, 0.4) is 0 Å². The molecule has 0 radical (unpaired) electrons. The zero-order valence-corrected chi connectivity index (χ0v) is 14.4. The summed E-state index contributed by atoms with van der Waals surface area (Å²) in [7, 11) is -1.97. The Kier molecular flexibility index (Phi) is 4.15. The zero-order chi connectivity index (χ0) is 17.3. The number of fused-ring (bicyclic) bond motifs is 1. The first-order valence-corrected chi connectivity index (χ1v) is 9.29. The number of benzene rings is 1. The van der Waals surface area contributed by atoms with E-state index < -0.39 is 9.84 Å². The van der Waals surface area contributed by atoms with Crippen molar-refractivity contribution in [1.82, 2.24) is 15.0 Å². The lowest BCUT2D eigenvalue weighted by atomic mass is 10.2. The fourth-order valence-electron chi connectivity index (χ4n) is 2.58. The van der Waals surface area contributed by atoms with Crippen LogP contribution in [0.4, 0.5) is 11.5 Å². The van der Waals surface area contributed by atoms with Crippen molar-refractivity contribution in [3.63, 3.8) is 0 Å². The van der Waals surface area contributed by atoms with Crippen molar-refractivity contribution in [1.29, 1.82) is 0 Å². The maximum absolute atomic E-state index is 12.0. The van der Waals surface area contributed by atoms with Crippen molar-refractivity contribution in [2.75, 3.05) is 18.7 Å². The largest absolute Gasteiger partial charge is 0.495 e. The second kappa shape index (κ2) is 6.12. The number of H-pyrrole nitrogens is 1. The van der Waals surface area contributed by atoms with Gasteiger partial charge in [-0.15, -0.1) is 0 Å². The summed E-state index contributed by atoms with van der Waals surface area (Å²) >= 11 is 0. The van der Waals surface area contributed by atoms with Gasteiger partial charge in [0.15, 0.2) is 9.84 Å². The smallest absolute Gasteiger partial charge is 0.179 e. The number of ether oxygens (including phenoxy) is 1. The number of aromatic amines is 1. The molecule has 8 heteroatoms. The average Bonchev–Trinajstić information content (AvgIpc) is 2.98. The van der Waals surface area contributed by atoms with Crippen molar-refractivity contribution in [2.24, 2.45) is 0 Å². The Labute approximate surface area is 140 Å². The third kappa shape index (κ3) is 2.92. The summed E-state index contributed by atoms with van der Waals surface area (Å²) in [6, 6.07) is 4.91. The van der Waals surface area contributed by atoms with Crippen molar-refractivity contribution < 1.29 is 13.2 Å². The van der Waals surface area contributed by atoms with Gasteiger partial charge in [0.2, 0.25) is 0 Å². The highest BCUT2D eigenvalue weighted by Gasteiger charge is 2.16. The second-order valence-electron chi connectivity index (χ2n) is 5.38. The van der Waals surface area contributed by atoms with Crippen LogP contribution in [-0.2, 0) is 16.3 Å². The van der Waals surface area contributed by atoms with Gasteiger partial charge in [-0.25, -0.2) is 18.4 Å². The van der Waals surface area contributed by atoms with Gasteiger partial charge >= 0.3 is 0 Å². The molecule has 3 rings (SSSR count). The average molecular weight is 346 g/mol. The van der Waals surface area contributed by atoms with Crippen LogP contribution in [0.5, 0.6) is 5.75 Å². The Morgan fingerprint density at radius 1 is 1.29 bits per heavy atom. The van der Waals surface area contributed by atoms with Crippen LogP contribution in [0.2, 0.25) is 0 Å². The van der Waals surface area contributed by atoms with Crippen molar-refractivity contribution >= 4 is 32.4 Å². The van der Waals surface area contributed by atoms with Gasteiger partial charge in [-0.2, -0.15) is 0 Å². The highest BCUT2D eigenvalue weighted by atomic mass is 32.2. The number of hydrogen-bond donors (Lipinski definition) is 2. The Morgan fingerprint density at radius 2 is 2.08 bits per heavy atom. The topological polar surface area (TPSA) is 97.0 Å². The predicted molar refractivity (Wildman–Crippen MR) is 92.7 cm³/mol. The molecule has 0 aliphatic heterocycles. The quantitative estimate of drug-likeness (QED) is 0.737. The predicted octanol–water partition coefficient (Wildman–Crippen LogP) is 2.68. The van der Waals surface area contributed by atoms with Gasteiger partial charge in [-0.05, 0) is 30.2 Å². The third-order valence-corrected chi connectivity index (χ3v) is 4.88. The minimum Gasteiger partial charge on any atom is -0.495 e. The van der Waals surface area contributed by atoms with Crippen LogP contribution in [0, 0.1) is 0 Å². The first-order valence-electron chi connectivity index (χ1n) is 7.40. The molecule has 3 aromatic rings. The minimum absolute atomic E-state index is 0.130. The number of rotatable bonds is 5. The molecule has 24 heavy (non-hydrogen) atoms. The number of methoxy groups -OCH3 is 1. The molecule has 0 amide bonds. The van der Waals surface area contributed by atoms with Gasteiger partial charge < -0.3 is 15.0 Å². The SMILES string of the molecule is CCc1c[nH]c2ncnc(Nc3ccc(OC)c(S(C)(=O)=O)c3)c12. The van der Waals surface area contributed by atoms with Crippen LogP contribution >= 0.6 is 0 Å². The molecule has 0 aliphatic rings.